The molecule has 0 bridgehead atoms. The molecule has 7 rings (SSSR count). The summed E-state index contributed by atoms with van der Waals surface area (Å²) >= 11 is 0. The van der Waals surface area contributed by atoms with Crippen molar-refractivity contribution in [3.05, 3.63) is 143 Å². The molecule has 4 nitrogen and oxygen atoms in total. The van der Waals surface area contributed by atoms with Crippen molar-refractivity contribution in [2.75, 3.05) is 0 Å². The van der Waals surface area contributed by atoms with Gasteiger partial charge in [-0.25, -0.2) is 0 Å². The second kappa shape index (κ2) is 14.7. The van der Waals surface area contributed by atoms with Crippen LogP contribution in [-0.2, 0) is 21.7 Å². The summed E-state index contributed by atoms with van der Waals surface area (Å²) in [6, 6.07) is 39.4. The number of rotatable bonds is 5. The van der Waals surface area contributed by atoms with Gasteiger partial charge in [-0.1, -0.05) is 162 Å². The molecule has 0 fully saturated rings. The Morgan fingerprint density at radius 1 is 0.407 bits per heavy atom. The van der Waals surface area contributed by atoms with Crippen molar-refractivity contribution >= 4 is 33.4 Å². The molecule has 0 spiro atoms. The molecule has 3 N–H and O–H groups in total. The highest BCUT2D eigenvalue weighted by Crippen LogP contribution is 2.49. The second-order valence-corrected chi connectivity index (χ2v) is 20.2. The molecular weight excluding hydrogens is 723 g/mol. The van der Waals surface area contributed by atoms with Crippen molar-refractivity contribution < 1.29 is 15.3 Å². The van der Waals surface area contributed by atoms with E-state index >= 15 is 0 Å². The number of para-hydroxylation sites is 2. The summed E-state index contributed by atoms with van der Waals surface area (Å²) in [4.78, 5) is 5.35. The smallest absolute Gasteiger partial charge is 0.132 e. The van der Waals surface area contributed by atoms with Gasteiger partial charge in [0.1, 0.15) is 17.2 Å². The molecule has 0 radical (unpaired) electrons. The summed E-state index contributed by atoms with van der Waals surface area (Å²) in [6.45, 7) is 25.5. The van der Waals surface area contributed by atoms with Gasteiger partial charge in [-0.05, 0) is 90.7 Å². The van der Waals surface area contributed by atoms with Gasteiger partial charge in [0.2, 0.25) is 0 Å². The van der Waals surface area contributed by atoms with Gasteiger partial charge in [0, 0.05) is 56.3 Å². The van der Waals surface area contributed by atoms with Gasteiger partial charge in [-0.15, -0.1) is 0 Å². The minimum absolute atomic E-state index is 0.154. The van der Waals surface area contributed by atoms with E-state index in [9.17, 15) is 15.3 Å². The molecule has 0 aliphatic rings. The molecule has 7 aromatic carbocycles. The van der Waals surface area contributed by atoms with E-state index in [1.807, 2.05) is 42.5 Å². The lowest BCUT2D eigenvalue weighted by atomic mass is 9.76. The molecule has 0 saturated heterocycles. The molecule has 0 atom stereocenters. The van der Waals surface area contributed by atoms with Crippen LogP contribution >= 0.6 is 0 Å². The topological polar surface area (TPSA) is 73.1 Å². The maximum absolute atomic E-state index is 12.2. The van der Waals surface area contributed by atoms with Crippen molar-refractivity contribution in [1.29, 1.82) is 0 Å². The zero-order valence-corrected chi connectivity index (χ0v) is 36.8. The lowest BCUT2D eigenvalue weighted by molar-refractivity contribution is 0.422. The summed E-state index contributed by atoms with van der Waals surface area (Å²) < 4.78 is 0. The highest BCUT2D eigenvalue weighted by Gasteiger charge is 2.30. The Labute approximate surface area is 351 Å². The van der Waals surface area contributed by atoms with E-state index in [0.717, 1.165) is 82.9 Å². The predicted octanol–water partition coefficient (Wildman–Crippen LogP) is 15.1. The lowest BCUT2D eigenvalue weighted by Gasteiger charge is -2.29. The van der Waals surface area contributed by atoms with E-state index in [1.54, 1.807) is 6.21 Å². The van der Waals surface area contributed by atoms with Crippen LogP contribution in [0.1, 0.15) is 111 Å². The van der Waals surface area contributed by atoms with Gasteiger partial charge in [0.05, 0.1) is 5.69 Å². The zero-order chi connectivity index (χ0) is 42.8. The average molecular weight is 782 g/mol. The van der Waals surface area contributed by atoms with Crippen LogP contribution in [-0.4, -0.2) is 21.5 Å². The maximum Gasteiger partial charge on any atom is 0.132 e. The summed E-state index contributed by atoms with van der Waals surface area (Å²) in [5, 5.41) is 40.0. The maximum atomic E-state index is 12.2. The van der Waals surface area contributed by atoms with E-state index in [0.29, 0.717) is 17.1 Å². The molecule has 0 amide bonds. The van der Waals surface area contributed by atoms with Gasteiger partial charge in [-0.3, -0.25) is 4.99 Å². The largest absolute Gasteiger partial charge is 0.507 e. The summed E-state index contributed by atoms with van der Waals surface area (Å²) in [7, 11) is 0. The average Bonchev–Trinajstić information content (AvgIpc) is 3.15. The van der Waals surface area contributed by atoms with Crippen LogP contribution in [0, 0.1) is 0 Å². The van der Waals surface area contributed by atoms with Gasteiger partial charge >= 0.3 is 0 Å². The molecule has 0 aromatic heterocycles. The summed E-state index contributed by atoms with van der Waals surface area (Å²) in [5.74, 6) is 0.794. The Morgan fingerprint density at radius 2 is 0.780 bits per heavy atom. The summed E-state index contributed by atoms with van der Waals surface area (Å²) in [5.41, 5.74) is 8.83. The quantitative estimate of drug-likeness (QED) is 0.120. The molecule has 0 heterocycles. The first-order valence-electron chi connectivity index (χ1n) is 20.7. The number of nitrogens with zero attached hydrogens (tertiary/aromatic N) is 1. The number of phenols is 3. The predicted molar refractivity (Wildman–Crippen MR) is 251 cm³/mol. The number of aliphatic imine (C=N–C) groups is 1. The lowest BCUT2D eigenvalue weighted by Crippen LogP contribution is -2.17. The Hall–Kier alpha value is -5.87. The Kier molecular flexibility index (Phi) is 10.3. The highest BCUT2D eigenvalue weighted by molar-refractivity contribution is 6.14. The van der Waals surface area contributed by atoms with Gasteiger partial charge in [0.25, 0.3) is 0 Å². The number of aromatic hydroxyl groups is 3. The normalized spacial score (nSPS) is 12.9. The fraction of sp³-hybridized carbons (Fsp3) is 0.291. The van der Waals surface area contributed by atoms with Gasteiger partial charge in [-0.2, -0.15) is 0 Å². The Morgan fingerprint density at radius 3 is 1.19 bits per heavy atom. The van der Waals surface area contributed by atoms with E-state index in [1.165, 1.54) is 0 Å². The van der Waals surface area contributed by atoms with Crippen LogP contribution in [0.2, 0.25) is 0 Å². The van der Waals surface area contributed by atoms with Gasteiger partial charge in [0.15, 0.2) is 0 Å². The molecule has 7 aromatic rings. The number of hydrogen-bond acceptors (Lipinski definition) is 4. The molecule has 302 valence electrons. The molecule has 0 aliphatic heterocycles. The third kappa shape index (κ3) is 7.86. The number of benzene rings is 7. The standard InChI is InChI=1S/C55H59NO3/c1-52(2,3)43-28-36(29-44(50(43)58)53(4,5)6)40-24-18-25-41(37-30-45(54(7,8)9)51(59)46(31-37)55(10,11)12)48(40)56-32-35-21-17-26-42(49(35)57)47-38-22-15-13-19-33(38)27-34-20-14-16-23-39(34)47/h13-32,57-59H,1-12H3. The fourth-order valence-electron chi connectivity index (χ4n) is 8.32. The van der Waals surface area contributed by atoms with E-state index in [-0.39, 0.29) is 27.4 Å². The Balaban J connectivity index is 1.53. The van der Waals surface area contributed by atoms with Crippen LogP contribution in [0.5, 0.6) is 17.2 Å². The Bertz CT molecular complexity index is 2550. The second-order valence-electron chi connectivity index (χ2n) is 20.2. The highest BCUT2D eigenvalue weighted by atomic mass is 16.3. The monoisotopic (exact) mass is 781 g/mol. The molecule has 4 heteroatoms. The first-order chi connectivity index (χ1) is 27.6. The van der Waals surface area contributed by atoms with Crippen LogP contribution in [0.25, 0.3) is 54.9 Å². The number of phenolic OH excluding ortho intramolecular Hbond substituents is 3. The molecule has 0 saturated carbocycles. The van der Waals surface area contributed by atoms with Crippen LogP contribution < -0.4 is 0 Å². The van der Waals surface area contributed by atoms with Crippen molar-refractivity contribution in [3.8, 4) is 50.6 Å². The molecule has 0 unspecified atom stereocenters. The SMILES string of the molecule is CC(C)(C)c1cc(-c2cccc(-c3cc(C(C)(C)C)c(O)c(C(C)(C)C)c3)c2N=Cc2cccc(-c3c4ccccc4cc4ccccc34)c2O)cc(C(C)(C)C)c1O. The van der Waals surface area contributed by atoms with Crippen molar-refractivity contribution in [2.45, 2.75) is 105 Å². The molecule has 59 heavy (non-hydrogen) atoms. The zero-order valence-electron chi connectivity index (χ0n) is 36.8. The minimum Gasteiger partial charge on any atom is -0.507 e. The van der Waals surface area contributed by atoms with Crippen molar-refractivity contribution in [2.24, 2.45) is 4.99 Å². The van der Waals surface area contributed by atoms with E-state index in [4.69, 9.17) is 4.99 Å². The first-order valence-corrected chi connectivity index (χ1v) is 20.7. The van der Waals surface area contributed by atoms with Crippen molar-refractivity contribution in [3.63, 3.8) is 0 Å². The molecule has 0 aliphatic carbocycles. The third-order valence-corrected chi connectivity index (χ3v) is 11.6. The van der Waals surface area contributed by atoms with Crippen LogP contribution in [0.4, 0.5) is 5.69 Å². The first kappa shape index (κ1) is 41.3. The van der Waals surface area contributed by atoms with Gasteiger partial charge < -0.3 is 15.3 Å². The number of hydrogen-bond donors (Lipinski definition) is 3. The summed E-state index contributed by atoms with van der Waals surface area (Å²) in [6.07, 6.45) is 1.78. The number of fused-ring (bicyclic) bond motifs is 2. The fourth-order valence-corrected chi connectivity index (χ4v) is 8.32. The van der Waals surface area contributed by atoms with E-state index < -0.39 is 0 Å². The minimum atomic E-state index is -0.334. The van der Waals surface area contributed by atoms with E-state index in [2.05, 4.69) is 156 Å². The van der Waals surface area contributed by atoms with Crippen LogP contribution in [0.15, 0.2) is 120 Å². The van der Waals surface area contributed by atoms with Crippen molar-refractivity contribution in [1.82, 2.24) is 0 Å². The third-order valence-electron chi connectivity index (χ3n) is 11.6. The molecular formula is C55H59NO3. The van der Waals surface area contributed by atoms with Crippen LogP contribution in [0.3, 0.4) is 0 Å².